The van der Waals surface area contributed by atoms with Gasteiger partial charge in [-0.1, -0.05) is 227 Å². The van der Waals surface area contributed by atoms with Crippen LogP contribution >= 0.6 is 0 Å². The van der Waals surface area contributed by atoms with E-state index in [1.54, 1.807) is 0 Å². The Morgan fingerprint density at radius 3 is 0.963 bits per heavy atom. The maximum Gasteiger partial charge on any atom is 0.306 e. The summed E-state index contributed by atoms with van der Waals surface area (Å²) in [5.41, 5.74) is 0. The highest BCUT2D eigenvalue weighted by atomic mass is 16.6. The minimum atomic E-state index is -0.757. The van der Waals surface area contributed by atoms with Gasteiger partial charge in [0.1, 0.15) is 13.2 Å². The average Bonchev–Trinajstić information content (AvgIpc) is 3.17. The smallest absolute Gasteiger partial charge is 0.306 e. The van der Waals surface area contributed by atoms with Gasteiger partial charge in [0.2, 0.25) is 0 Å². The van der Waals surface area contributed by atoms with E-state index in [2.05, 4.69) is 27.7 Å². The van der Waals surface area contributed by atoms with Gasteiger partial charge in [-0.25, -0.2) is 0 Å². The lowest BCUT2D eigenvalue weighted by Gasteiger charge is -2.18. The molecule has 0 aliphatic heterocycles. The fourth-order valence-corrected chi connectivity index (χ4v) is 7.12. The van der Waals surface area contributed by atoms with Crippen molar-refractivity contribution in [1.29, 1.82) is 0 Å². The van der Waals surface area contributed by atoms with Crippen LogP contribution in [0.1, 0.15) is 265 Å². The molecule has 0 saturated carbocycles. The number of rotatable bonds is 43. The summed E-state index contributed by atoms with van der Waals surface area (Å²) < 4.78 is 16.6. The monoisotopic (exact) mass is 765 g/mol. The number of esters is 3. The standard InChI is InChI=1S/C48H92O6/c1-5-8-10-12-13-14-15-18-23-26-29-33-37-41-48(51)54-45(42-52-46(49)39-35-30-11-9-6-2)43-53-47(50)40-36-32-28-25-22-20-17-16-19-21-24-27-31-34-38-44(4)7-3/h44-45H,5-43H2,1-4H3/t44?,45-/m0/s1. The lowest BCUT2D eigenvalue weighted by atomic mass is 9.99. The molecule has 0 radical (unpaired) electrons. The number of unbranched alkanes of at least 4 members (excludes halogenated alkanes) is 29. The summed E-state index contributed by atoms with van der Waals surface area (Å²) in [4.78, 5) is 37.5. The number of carbonyl (C=O) groups excluding carboxylic acids is 3. The maximum absolute atomic E-state index is 12.7. The van der Waals surface area contributed by atoms with Crippen molar-refractivity contribution in [3.8, 4) is 0 Å². The van der Waals surface area contributed by atoms with Crippen molar-refractivity contribution in [3.05, 3.63) is 0 Å². The second kappa shape index (κ2) is 42.6. The van der Waals surface area contributed by atoms with Crippen LogP contribution in [0.25, 0.3) is 0 Å². The quantitative estimate of drug-likeness (QED) is 0.0349. The molecule has 0 amide bonds. The van der Waals surface area contributed by atoms with Gasteiger partial charge in [0.15, 0.2) is 6.10 Å². The molecule has 0 aromatic carbocycles. The first-order chi connectivity index (χ1) is 26.4. The first kappa shape index (κ1) is 52.4. The molecule has 0 aromatic rings. The van der Waals surface area contributed by atoms with Crippen molar-refractivity contribution in [2.24, 2.45) is 5.92 Å². The van der Waals surface area contributed by atoms with Crippen LogP contribution in [0.3, 0.4) is 0 Å². The molecule has 0 aliphatic rings. The number of ether oxygens (including phenoxy) is 3. The topological polar surface area (TPSA) is 78.9 Å². The van der Waals surface area contributed by atoms with E-state index in [4.69, 9.17) is 14.2 Å². The molecule has 2 atom stereocenters. The number of hydrogen-bond acceptors (Lipinski definition) is 6. The van der Waals surface area contributed by atoms with E-state index in [1.165, 1.54) is 154 Å². The molecule has 0 aliphatic carbocycles. The zero-order chi connectivity index (χ0) is 39.6. The second-order valence-electron chi connectivity index (χ2n) is 16.6. The van der Waals surface area contributed by atoms with E-state index >= 15 is 0 Å². The van der Waals surface area contributed by atoms with E-state index in [0.29, 0.717) is 19.3 Å². The van der Waals surface area contributed by atoms with Crippen LogP contribution in [0.5, 0.6) is 0 Å². The molecule has 0 heterocycles. The van der Waals surface area contributed by atoms with E-state index in [0.717, 1.165) is 70.1 Å². The van der Waals surface area contributed by atoms with Gasteiger partial charge in [0.05, 0.1) is 0 Å². The summed E-state index contributed by atoms with van der Waals surface area (Å²) >= 11 is 0. The van der Waals surface area contributed by atoms with Gasteiger partial charge in [0.25, 0.3) is 0 Å². The Kier molecular flexibility index (Phi) is 41.3. The maximum atomic E-state index is 12.7. The van der Waals surface area contributed by atoms with E-state index in [-0.39, 0.29) is 31.1 Å². The van der Waals surface area contributed by atoms with Crippen LogP contribution in [-0.4, -0.2) is 37.2 Å². The van der Waals surface area contributed by atoms with Crippen molar-refractivity contribution < 1.29 is 28.6 Å². The highest BCUT2D eigenvalue weighted by Crippen LogP contribution is 2.17. The van der Waals surface area contributed by atoms with E-state index < -0.39 is 6.10 Å². The van der Waals surface area contributed by atoms with Crippen molar-refractivity contribution in [2.75, 3.05) is 13.2 Å². The Hall–Kier alpha value is -1.59. The van der Waals surface area contributed by atoms with Gasteiger partial charge in [-0.2, -0.15) is 0 Å². The highest BCUT2D eigenvalue weighted by molar-refractivity contribution is 5.71. The van der Waals surface area contributed by atoms with Gasteiger partial charge in [-0.15, -0.1) is 0 Å². The number of hydrogen-bond donors (Lipinski definition) is 0. The van der Waals surface area contributed by atoms with Gasteiger partial charge in [-0.3, -0.25) is 14.4 Å². The lowest BCUT2D eigenvalue weighted by molar-refractivity contribution is -0.167. The molecule has 0 rings (SSSR count). The molecule has 320 valence electrons. The molecule has 0 bridgehead atoms. The van der Waals surface area contributed by atoms with Crippen molar-refractivity contribution >= 4 is 17.9 Å². The minimum absolute atomic E-state index is 0.0643. The molecule has 0 saturated heterocycles. The first-order valence-corrected chi connectivity index (χ1v) is 23.9. The zero-order valence-electron chi connectivity index (χ0n) is 36.7. The molecule has 1 unspecified atom stereocenters. The predicted molar refractivity (Wildman–Crippen MR) is 229 cm³/mol. The van der Waals surface area contributed by atoms with Gasteiger partial charge < -0.3 is 14.2 Å². The Labute approximate surface area is 336 Å². The Bertz CT molecular complexity index is 813. The third kappa shape index (κ3) is 40.1. The van der Waals surface area contributed by atoms with Crippen LogP contribution in [0.15, 0.2) is 0 Å². The summed E-state index contributed by atoms with van der Waals surface area (Å²) in [6.07, 6.45) is 42.5. The summed E-state index contributed by atoms with van der Waals surface area (Å²) in [5.74, 6) is 0.0313. The average molecular weight is 765 g/mol. The largest absolute Gasteiger partial charge is 0.462 e. The Morgan fingerprint density at radius 2 is 0.648 bits per heavy atom. The van der Waals surface area contributed by atoms with Crippen LogP contribution in [0.4, 0.5) is 0 Å². The fourth-order valence-electron chi connectivity index (χ4n) is 7.12. The van der Waals surface area contributed by atoms with Gasteiger partial charge >= 0.3 is 17.9 Å². The normalized spacial score (nSPS) is 12.4. The van der Waals surface area contributed by atoms with Crippen LogP contribution in [-0.2, 0) is 28.6 Å². The molecular formula is C48H92O6. The number of carbonyl (C=O) groups is 3. The summed E-state index contributed by atoms with van der Waals surface area (Å²) in [6, 6.07) is 0. The summed E-state index contributed by atoms with van der Waals surface area (Å²) in [7, 11) is 0. The van der Waals surface area contributed by atoms with Crippen LogP contribution in [0, 0.1) is 5.92 Å². The van der Waals surface area contributed by atoms with E-state index in [9.17, 15) is 14.4 Å². The molecule has 0 N–H and O–H groups in total. The third-order valence-corrected chi connectivity index (χ3v) is 11.2. The SMILES string of the molecule is CCCCCCCCCCCCCCCC(=O)O[C@@H](COC(=O)CCCCCCC)COC(=O)CCCCCCCCCCCCCCCCC(C)CC. The summed E-state index contributed by atoms with van der Waals surface area (Å²) in [6.45, 7) is 8.97. The van der Waals surface area contributed by atoms with Crippen molar-refractivity contribution in [3.63, 3.8) is 0 Å². The molecule has 6 nitrogen and oxygen atoms in total. The minimum Gasteiger partial charge on any atom is -0.462 e. The third-order valence-electron chi connectivity index (χ3n) is 11.2. The zero-order valence-corrected chi connectivity index (χ0v) is 36.7. The van der Waals surface area contributed by atoms with Crippen molar-refractivity contribution in [2.45, 2.75) is 271 Å². The van der Waals surface area contributed by atoms with Crippen molar-refractivity contribution in [1.82, 2.24) is 0 Å². The molecule has 0 spiro atoms. The molecule has 0 aromatic heterocycles. The fraction of sp³-hybridized carbons (Fsp3) is 0.938. The van der Waals surface area contributed by atoms with E-state index in [1.807, 2.05) is 0 Å². The Morgan fingerprint density at radius 1 is 0.370 bits per heavy atom. The molecule has 0 fully saturated rings. The predicted octanol–water partition coefficient (Wildman–Crippen LogP) is 15.1. The molecular weight excluding hydrogens is 673 g/mol. The molecule has 54 heavy (non-hydrogen) atoms. The first-order valence-electron chi connectivity index (χ1n) is 23.9. The molecule has 6 heteroatoms. The lowest BCUT2D eigenvalue weighted by Crippen LogP contribution is -2.30. The van der Waals surface area contributed by atoms with Gasteiger partial charge in [-0.05, 0) is 25.2 Å². The van der Waals surface area contributed by atoms with Crippen LogP contribution in [0.2, 0.25) is 0 Å². The summed E-state index contributed by atoms with van der Waals surface area (Å²) in [5, 5.41) is 0. The van der Waals surface area contributed by atoms with Crippen LogP contribution < -0.4 is 0 Å². The second-order valence-corrected chi connectivity index (χ2v) is 16.6. The van der Waals surface area contributed by atoms with Gasteiger partial charge in [0, 0.05) is 19.3 Å². The Balaban J connectivity index is 4.13. The highest BCUT2D eigenvalue weighted by Gasteiger charge is 2.19.